The van der Waals surface area contributed by atoms with E-state index in [2.05, 4.69) is 27.7 Å². The molecule has 0 saturated carbocycles. The second-order valence-corrected chi connectivity index (χ2v) is 10.3. The zero-order valence-electron chi connectivity index (χ0n) is 21.3. The van der Waals surface area contributed by atoms with Gasteiger partial charge in [-0.3, -0.25) is 9.59 Å². The lowest BCUT2D eigenvalue weighted by Crippen LogP contribution is -2.44. The lowest BCUT2D eigenvalue weighted by molar-refractivity contribution is -0.138. The highest BCUT2D eigenvalue weighted by molar-refractivity contribution is 5.91. The Balaban J connectivity index is 1.13. The number of piperidine rings is 1. The number of benzene rings is 2. The SMILES string of the molecule is O=C(NC[C@@H](C(=O)O)c1cccc2ccccc12)[C@@H]1CCCN(CCCc2ccc3c(n2)NCCC3)C1. The number of nitrogens with one attached hydrogen (secondary N) is 2. The molecule has 7 nitrogen and oxygen atoms in total. The number of carboxylic acid groups (broad SMARTS) is 1. The lowest BCUT2D eigenvalue weighted by Gasteiger charge is -2.32. The highest BCUT2D eigenvalue weighted by Gasteiger charge is 2.28. The number of carbonyl (C=O) groups is 2. The van der Waals surface area contributed by atoms with E-state index in [0.29, 0.717) is 0 Å². The summed E-state index contributed by atoms with van der Waals surface area (Å²) in [5.41, 5.74) is 3.17. The minimum atomic E-state index is -0.923. The Labute approximate surface area is 218 Å². The third kappa shape index (κ3) is 6.10. The molecule has 0 radical (unpaired) electrons. The van der Waals surface area contributed by atoms with E-state index < -0.39 is 11.9 Å². The molecular formula is C30H36N4O3. The van der Waals surface area contributed by atoms with Gasteiger partial charge in [-0.1, -0.05) is 48.5 Å². The fourth-order valence-electron chi connectivity index (χ4n) is 5.70. The summed E-state index contributed by atoms with van der Waals surface area (Å²) in [5.74, 6) is -0.816. The molecule has 0 bridgehead atoms. The van der Waals surface area contributed by atoms with Crippen LogP contribution in [0.5, 0.6) is 0 Å². The summed E-state index contributed by atoms with van der Waals surface area (Å²) in [7, 11) is 0. The van der Waals surface area contributed by atoms with Crippen LogP contribution < -0.4 is 10.6 Å². The molecular weight excluding hydrogens is 464 g/mol. The normalized spacial score (nSPS) is 18.5. The molecule has 0 unspecified atom stereocenters. The van der Waals surface area contributed by atoms with Crippen LogP contribution in [0.4, 0.5) is 5.82 Å². The van der Waals surface area contributed by atoms with E-state index in [0.717, 1.165) is 92.6 Å². The largest absolute Gasteiger partial charge is 0.481 e. The fourth-order valence-corrected chi connectivity index (χ4v) is 5.70. The predicted molar refractivity (Wildman–Crippen MR) is 146 cm³/mol. The summed E-state index contributed by atoms with van der Waals surface area (Å²) in [5, 5.41) is 18.2. The molecule has 0 spiro atoms. The van der Waals surface area contributed by atoms with E-state index in [1.165, 1.54) is 5.56 Å². The number of aryl methyl sites for hydroxylation is 2. The Morgan fingerprint density at radius 3 is 2.86 bits per heavy atom. The van der Waals surface area contributed by atoms with E-state index in [9.17, 15) is 14.7 Å². The average molecular weight is 501 g/mol. The molecule has 37 heavy (non-hydrogen) atoms. The fraction of sp³-hybridized carbons (Fsp3) is 0.433. The maximum atomic E-state index is 13.0. The summed E-state index contributed by atoms with van der Waals surface area (Å²) < 4.78 is 0. The van der Waals surface area contributed by atoms with Crippen molar-refractivity contribution in [1.29, 1.82) is 0 Å². The van der Waals surface area contributed by atoms with Gasteiger partial charge in [0.1, 0.15) is 5.82 Å². The molecule has 2 aromatic carbocycles. The van der Waals surface area contributed by atoms with Gasteiger partial charge in [-0.25, -0.2) is 4.98 Å². The molecule has 7 heteroatoms. The first-order valence-corrected chi connectivity index (χ1v) is 13.5. The average Bonchev–Trinajstić information content (AvgIpc) is 2.93. The summed E-state index contributed by atoms with van der Waals surface area (Å²) >= 11 is 0. The Morgan fingerprint density at radius 1 is 1.11 bits per heavy atom. The number of fused-ring (bicyclic) bond motifs is 2. The zero-order valence-corrected chi connectivity index (χ0v) is 21.3. The number of carboxylic acids is 1. The van der Waals surface area contributed by atoms with Gasteiger partial charge in [0, 0.05) is 25.3 Å². The van der Waals surface area contributed by atoms with Crippen molar-refractivity contribution in [3.8, 4) is 0 Å². The first-order valence-electron chi connectivity index (χ1n) is 13.5. The van der Waals surface area contributed by atoms with Crippen LogP contribution in [0.15, 0.2) is 54.6 Å². The van der Waals surface area contributed by atoms with Crippen LogP contribution >= 0.6 is 0 Å². The number of amides is 1. The topological polar surface area (TPSA) is 94.6 Å². The number of carbonyl (C=O) groups excluding carboxylic acids is 1. The van der Waals surface area contributed by atoms with Crippen molar-refractivity contribution < 1.29 is 14.7 Å². The third-order valence-electron chi connectivity index (χ3n) is 7.71. The van der Waals surface area contributed by atoms with E-state index in [4.69, 9.17) is 4.98 Å². The molecule has 1 amide bonds. The van der Waals surface area contributed by atoms with Crippen molar-refractivity contribution in [3.63, 3.8) is 0 Å². The molecule has 3 N–H and O–H groups in total. The molecule has 2 atom stereocenters. The minimum Gasteiger partial charge on any atom is -0.481 e. The van der Waals surface area contributed by atoms with Crippen molar-refractivity contribution in [2.45, 2.75) is 44.4 Å². The predicted octanol–water partition coefficient (Wildman–Crippen LogP) is 4.22. The van der Waals surface area contributed by atoms with Crippen LogP contribution in [-0.4, -0.2) is 59.6 Å². The van der Waals surface area contributed by atoms with Gasteiger partial charge in [0.25, 0.3) is 0 Å². The van der Waals surface area contributed by atoms with Gasteiger partial charge >= 0.3 is 5.97 Å². The zero-order chi connectivity index (χ0) is 25.6. The number of nitrogens with zero attached hydrogens (tertiary/aromatic N) is 2. The van der Waals surface area contributed by atoms with Crippen molar-refractivity contribution in [1.82, 2.24) is 15.2 Å². The number of anilines is 1. The van der Waals surface area contributed by atoms with E-state index >= 15 is 0 Å². The Morgan fingerprint density at radius 2 is 1.97 bits per heavy atom. The summed E-state index contributed by atoms with van der Waals surface area (Å²) in [4.78, 5) is 32.3. The number of pyridine rings is 1. The van der Waals surface area contributed by atoms with Gasteiger partial charge < -0.3 is 20.6 Å². The molecule has 1 saturated heterocycles. The summed E-state index contributed by atoms with van der Waals surface area (Å²) in [6.45, 7) is 3.74. The Bertz CT molecular complexity index is 1260. The quantitative estimate of drug-likeness (QED) is 0.407. The lowest BCUT2D eigenvalue weighted by atomic mass is 9.92. The molecule has 3 aromatic rings. The third-order valence-corrected chi connectivity index (χ3v) is 7.71. The number of hydrogen-bond acceptors (Lipinski definition) is 5. The number of hydrogen-bond donors (Lipinski definition) is 3. The maximum absolute atomic E-state index is 13.0. The highest BCUT2D eigenvalue weighted by atomic mass is 16.4. The van der Waals surface area contributed by atoms with Crippen molar-refractivity contribution in [2.24, 2.45) is 5.92 Å². The number of aliphatic carboxylic acids is 1. The second-order valence-electron chi connectivity index (χ2n) is 10.3. The van der Waals surface area contributed by atoms with Gasteiger partial charge in [-0.2, -0.15) is 0 Å². The summed E-state index contributed by atoms with van der Waals surface area (Å²) in [6, 6.07) is 17.8. The molecule has 1 fully saturated rings. The molecule has 3 heterocycles. The van der Waals surface area contributed by atoms with Crippen LogP contribution in [0.2, 0.25) is 0 Å². The maximum Gasteiger partial charge on any atom is 0.312 e. The minimum absolute atomic E-state index is 0.0429. The van der Waals surface area contributed by atoms with Crippen LogP contribution in [0, 0.1) is 5.92 Å². The van der Waals surface area contributed by atoms with E-state index in [1.54, 1.807) is 0 Å². The van der Waals surface area contributed by atoms with Crippen LogP contribution in [0.25, 0.3) is 10.8 Å². The molecule has 5 rings (SSSR count). The van der Waals surface area contributed by atoms with Gasteiger partial charge in [-0.05, 0) is 79.6 Å². The van der Waals surface area contributed by atoms with Crippen LogP contribution in [-0.2, 0) is 22.4 Å². The smallest absolute Gasteiger partial charge is 0.312 e. The molecule has 1 aromatic heterocycles. The summed E-state index contributed by atoms with van der Waals surface area (Å²) in [6.07, 6.45) is 6.01. The van der Waals surface area contributed by atoms with Crippen molar-refractivity contribution >= 4 is 28.5 Å². The number of rotatable bonds is 9. The number of aromatic nitrogens is 1. The van der Waals surface area contributed by atoms with Gasteiger partial charge in [-0.15, -0.1) is 0 Å². The van der Waals surface area contributed by atoms with Gasteiger partial charge in [0.05, 0.1) is 11.8 Å². The second kappa shape index (κ2) is 11.7. The molecule has 0 aliphatic carbocycles. The highest BCUT2D eigenvalue weighted by Crippen LogP contribution is 2.26. The monoisotopic (exact) mass is 500 g/mol. The van der Waals surface area contributed by atoms with E-state index in [1.807, 2.05) is 42.5 Å². The van der Waals surface area contributed by atoms with Crippen molar-refractivity contribution in [3.05, 3.63) is 71.4 Å². The molecule has 2 aliphatic rings. The first-order chi connectivity index (χ1) is 18.1. The Kier molecular flexibility index (Phi) is 7.99. The van der Waals surface area contributed by atoms with Crippen molar-refractivity contribution in [2.75, 3.05) is 38.0 Å². The first kappa shape index (κ1) is 25.2. The van der Waals surface area contributed by atoms with Crippen LogP contribution in [0.1, 0.15) is 48.4 Å². The van der Waals surface area contributed by atoms with Crippen LogP contribution in [0.3, 0.4) is 0 Å². The van der Waals surface area contributed by atoms with Gasteiger partial charge in [0.2, 0.25) is 5.91 Å². The number of likely N-dealkylation sites (tertiary alicyclic amines) is 1. The van der Waals surface area contributed by atoms with Gasteiger partial charge in [0.15, 0.2) is 0 Å². The standard InChI is InChI=1S/C30H36N4O3/c35-29(32-19-27(30(36)37)26-13-3-8-21-7-1-2-12-25(21)26)23-10-5-17-34(20-23)18-6-11-24-15-14-22-9-4-16-31-28(22)33-24/h1-3,7-8,12-15,23,27H,4-6,9-11,16-20H2,(H,31,33)(H,32,35)(H,36,37)/t23-,27-/m1/s1. The molecule has 2 aliphatic heterocycles. The molecule has 194 valence electrons. The Hall–Kier alpha value is -3.45. The van der Waals surface area contributed by atoms with E-state index in [-0.39, 0.29) is 18.4 Å².